The Morgan fingerprint density at radius 1 is 1.36 bits per heavy atom. The highest BCUT2D eigenvalue weighted by atomic mass is 19.1. The van der Waals surface area contributed by atoms with Gasteiger partial charge in [0.15, 0.2) is 0 Å². The summed E-state index contributed by atoms with van der Waals surface area (Å²) in [7, 11) is 0. The quantitative estimate of drug-likeness (QED) is 0.929. The van der Waals surface area contributed by atoms with Crippen molar-refractivity contribution >= 4 is 11.8 Å². The van der Waals surface area contributed by atoms with Crippen LogP contribution in [0.4, 0.5) is 4.39 Å². The van der Waals surface area contributed by atoms with Gasteiger partial charge in [-0.15, -0.1) is 0 Å². The Morgan fingerprint density at radius 3 is 2.68 bits per heavy atom. The number of benzene rings is 1. The van der Waals surface area contributed by atoms with Gasteiger partial charge in [0.2, 0.25) is 5.91 Å². The Morgan fingerprint density at radius 2 is 2.05 bits per heavy atom. The number of piperidine rings is 1. The number of hydrogen-bond donors (Lipinski definition) is 1. The fourth-order valence-corrected chi connectivity index (χ4v) is 2.61. The van der Waals surface area contributed by atoms with Crippen molar-refractivity contribution < 1.29 is 14.0 Å². The van der Waals surface area contributed by atoms with Crippen LogP contribution >= 0.6 is 0 Å². The topological polar surface area (TPSA) is 49.4 Å². The van der Waals surface area contributed by atoms with E-state index in [1.54, 1.807) is 4.90 Å². The zero-order valence-corrected chi connectivity index (χ0v) is 13.1. The molecule has 1 N–H and O–H groups in total. The fourth-order valence-electron chi connectivity index (χ4n) is 2.61. The molecule has 1 aliphatic rings. The molecule has 1 fully saturated rings. The summed E-state index contributed by atoms with van der Waals surface area (Å²) in [5.74, 6) is -0.639. The van der Waals surface area contributed by atoms with Gasteiger partial charge < -0.3 is 10.2 Å². The monoisotopic (exact) mass is 306 g/mol. The van der Waals surface area contributed by atoms with E-state index in [0.717, 1.165) is 19.3 Å². The zero-order chi connectivity index (χ0) is 16.1. The zero-order valence-electron chi connectivity index (χ0n) is 13.1. The Labute approximate surface area is 130 Å². The summed E-state index contributed by atoms with van der Waals surface area (Å²) < 4.78 is 12.9. The highest BCUT2D eigenvalue weighted by molar-refractivity contribution is 5.94. The molecule has 1 heterocycles. The largest absolute Gasteiger partial charge is 0.353 e. The lowest BCUT2D eigenvalue weighted by Gasteiger charge is -2.32. The molecule has 1 aromatic carbocycles. The SMILES string of the molecule is CC[C@@H](C)NC(=O)[C@H]1CCCN(C(=O)c2ccc(F)cc2)C1. The molecule has 0 aliphatic carbocycles. The standard InChI is InChI=1S/C17H23FN2O2/c1-3-12(2)19-16(21)14-5-4-10-20(11-14)17(22)13-6-8-15(18)9-7-13/h6-9,12,14H,3-5,10-11H2,1-2H3,(H,19,21)/t12-,14+/m1/s1. The number of nitrogens with one attached hydrogen (secondary N) is 1. The van der Waals surface area contributed by atoms with Crippen LogP contribution in [0.15, 0.2) is 24.3 Å². The molecule has 4 nitrogen and oxygen atoms in total. The van der Waals surface area contributed by atoms with E-state index in [9.17, 15) is 14.0 Å². The summed E-state index contributed by atoms with van der Waals surface area (Å²) in [5, 5.41) is 2.98. The maximum Gasteiger partial charge on any atom is 0.253 e. The number of amides is 2. The molecule has 5 heteroatoms. The first kappa shape index (κ1) is 16.5. The van der Waals surface area contributed by atoms with Crippen molar-refractivity contribution in [3.63, 3.8) is 0 Å². The van der Waals surface area contributed by atoms with Crippen molar-refractivity contribution in [3.8, 4) is 0 Å². The molecule has 0 spiro atoms. The van der Waals surface area contributed by atoms with Crippen LogP contribution in [-0.2, 0) is 4.79 Å². The Kier molecular flexibility index (Phi) is 5.52. The van der Waals surface area contributed by atoms with E-state index in [2.05, 4.69) is 5.32 Å². The van der Waals surface area contributed by atoms with E-state index in [0.29, 0.717) is 18.7 Å². The van der Waals surface area contributed by atoms with Gasteiger partial charge in [0.05, 0.1) is 5.92 Å². The van der Waals surface area contributed by atoms with E-state index < -0.39 is 0 Å². The van der Waals surface area contributed by atoms with E-state index in [-0.39, 0.29) is 29.6 Å². The van der Waals surface area contributed by atoms with Crippen molar-refractivity contribution in [1.82, 2.24) is 10.2 Å². The maximum absolute atomic E-state index is 12.9. The highest BCUT2D eigenvalue weighted by Crippen LogP contribution is 2.19. The first-order chi connectivity index (χ1) is 10.5. The van der Waals surface area contributed by atoms with Crippen LogP contribution in [0.25, 0.3) is 0 Å². The van der Waals surface area contributed by atoms with Crippen molar-refractivity contribution in [3.05, 3.63) is 35.6 Å². The number of hydrogen-bond acceptors (Lipinski definition) is 2. The minimum atomic E-state index is -0.360. The average Bonchev–Trinajstić information content (AvgIpc) is 2.54. The fraction of sp³-hybridized carbons (Fsp3) is 0.529. The van der Waals surface area contributed by atoms with Crippen LogP contribution in [0.5, 0.6) is 0 Å². The van der Waals surface area contributed by atoms with Crippen molar-refractivity contribution in [2.24, 2.45) is 5.92 Å². The second kappa shape index (κ2) is 7.38. The number of likely N-dealkylation sites (tertiary alicyclic amines) is 1. The molecule has 0 unspecified atom stereocenters. The predicted molar refractivity (Wildman–Crippen MR) is 82.9 cm³/mol. The number of nitrogens with zero attached hydrogens (tertiary/aromatic N) is 1. The van der Waals surface area contributed by atoms with E-state index in [1.165, 1.54) is 24.3 Å². The summed E-state index contributed by atoms with van der Waals surface area (Å²) >= 11 is 0. The first-order valence-corrected chi connectivity index (χ1v) is 7.86. The molecule has 2 amide bonds. The molecule has 0 aromatic heterocycles. The lowest BCUT2D eigenvalue weighted by atomic mass is 9.96. The second-order valence-corrected chi connectivity index (χ2v) is 5.92. The third-order valence-corrected chi connectivity index (χ3v) is 4.17. The van der Waals surface area contributed by atoms with Gasteiger partial charge in [0, 0.05) is 24.7 Å². The summed E-state index contributed by atoms with van der Waals surface area (Å²) in [4.78, 5) is 26.3. The molecule has 2 atom stereocenters. The van der Waals surface area contributed by atoms with Crippen molar-refractivity contribution in [2.75, 3.05) is 13.1 Å². The number of rotatable bonds is 4. The molecule has 0 radical (unpaired) electrons. The molecular formula is C17H23FN2O2. The van der Waals surface area contributed by atoms with Gasteiger partial charge in [-0.05, 0) is 50.5 Å². The third kappa shape index (κ3) is 4.06. The van der Waals surface area contributed by atoms with Crippen molar-refractivity contribution in [2.45, 2.75) is 39.2 Å². The van der Waals surface area contributed by atoms with E-state index >= 15 is 0 Å². The van der Waals surface area contributed by atoms with Gasteiger partial charge in [0.1, 0.15) is 5.82 Å². The maximum atomic E-state index is 12.9. The molecule has 0 saturated carbocycles. The third-order valence-electron chi connectivity index (χ3n) is 4.17. The molecule has 1 saturated heterocycles. The smallest absolute Gasteiger partial charge is 0.253 e. The lowest BCUT2D eigenvalue weighted by molar-refractivity contribution is -0.126. The minimum absolute atomic E-state index is 0.0194. The van der Waals surface area contributed by atoms with Crippen molar-refractivity contribution in [1.29, 1.82) is 0 Å². The molecule has 0 bridgehead atoms. The van der Waals surface area contributed by atoms with E-state index in [4.69, 9.17) is 0 Å². The van der Waals surface area contributed by atoms with Gasteiger partial charge >= 0.3 is 0 Å². The summed E-state index contributed by atoms with van der Waals surface area (Å²) in [6.07, 6.45) is 2.50. The van der Waals surface area contributed by atoms with Crippen LogP contribution in [0.1, 0.15) is 43.5 Å². The Bertz CT molecular complexity index is 530. The number of carbonyl (C=O) groups excluding carboxylic acids is 2. The summed E-state index contributed by atoms with van der Waals surface area (Å²) in [6, 6.07) is 5.69. The van der Waals surface area contributed by atoms with Gasteiger partial charge in [0.25, 0.3) is 5.91 Å². The van der Waals surface area contributed by atoms with Crippen LogP contribution < -0.4 is 5.32 Å². The van der Waals surface area contributed by atoms with Crippen LogP contribution in [0, 0.1) is 11.7 Å². The van der Waals surface area contributed by atoms with Gasteiger partial charge in [-0.1, -0.05) is 6.92 Å². The Hall–Kier alpha value is -1.91. The average molecular weight is 306 g/mol. The molecular weight excluding hydrogens is 283 g/mol. The van der Waals surface area contributed by atoms with E-state index in [1.807, 2.05) is 13.8 Å². The molecule has 1 aliphatic heterocycles. The Balaban J connectivity index is 1.99. The molecule has 22 heavy (non-hydrogen) atoms. The van der Waals surface area contributed by atoms with Gasteiger partial charge in [-0.25, -0.2) is 4.39 Å². The van der Waals surface area contributed by atoms with Crippen LogP contribution in [0.3, 0.4) is 0 Å². The first-order valence-electron chi connectivity index (χ1n) is 7.86. The minimum Gasteiger partial charge on any atom is -0.353 e. The normalized spacial score (nSPS) is 19.6. The van der Waals surface area contributed by atoms with Gasteiger partial charge in [-0.3, -0.25) is 9.59 Å². The molecule has 2 rings (SSSR count). The summed E-state index contributed by atoms with van der Waals surface area (Å²) in [5.41, 5.74) is 0.462. The number of carbonyl (C=O) groups is 2. The summed E-state index contributed by atoms with van der Waals surface area (Å²) in [6.45, 7) is 5.07. The van der Waals surface area contributed by atoms with Gasteiger partial charge in [-0.2, -0.15) is 0 Å². The predicted octanol–water partition coefficient (Wildman–Crippen LogP) is 2.59. The van der Waals surface area contributed by atoms with Crippen LogP contribution in [-0.4, -0.2) is 35.8 Å². The second-order valence-electron chi connectivity index (χ2n) is 5.92. The lowest BCUT2D eigenvalue weighted by Crippen LogP contribution is -2.47. The molecule has 120 valence electrons. The van der Waals surface area contributed by atoms with Crippen LogP contribution in [0.2, 0.25) is 0 Å². The highest BCUT2D eigenvalue weighted by Gasteiger charge is 2.29. The molecule has 1 aromatic rings. The number of halogens is 1.